The van der Waals surface area contributed by atoms with Gasteiger partial charge in [-0.1, -0.05) is 0 Å². The van der Waals surface area contributed by atoms with E-state index in [1.165, 1.54) is 0 Å². The van der Waals surface area contributed by atoms with Gasteiger partial charge < -0.3 is 4.74 Å². The van der Waals surface area contributed by atoms with Gasteiger partial charge in [0.05, 0.1) is 18.8 Å². The molecular formula is C11H16BrN3O2. The van der Waals surface area contributed by atoms with Crippen molar-refractivity contribution in [1.29, 1.82) is 0 Å². The third-order valence-corrected chi connectivity index (χ3v) is 3.20. The fraction of sp³-hybridized carbons (Fsp3) is 0.636. The van der Waals surface area contributed by atoms with Crippen molar-refractivity contribution in [2.75, 3.05) is 0 Å². The molecule has 6 heteroatoms. The summed E-state index contributed by atoms with van der Waals surface area (Å²) < 4.78 is 7.95. The number of hydrogen-bond donors (Lipinski definition) is 0. The summed E-state index contributed by atoms with van der Waals surface area (Å²) in [6.45, 7) is 6.71. The molecule has 0 aliphatic carbocycles. The van der Waals surface area contributed by atoms with E-state index < -0.39 is 5.60 Å². The van der Waals surface area contributed by atoms with Gasteiger partial charge in [0.1, 0.15) is 10.2 Å². The van der Waals surface area contributed by atoms with Crippen molar-refractivity contribution in [3.8, 4) is 0 Å². The zero-order valence-corrected chi connectivity index (χ0v) is 12.0. The van der Waals surface area contributed by atoms with Crippen molar-refractivity contribution in [3.63, 3.8) is 0 Å². The van der Waals surface area contributed by atoms with Crippen LogP contribution in [0.15, 0.2) is 4.60 Å². The van der Waals surface area contributed by atoms with E-state index >= 15 is 0 Å². The molecule has 1 aliphatic rings. The molecule has 0 spiro atoms. The second-order valence-electron chi connectivity index (χ2n) is 5.18. The maximum Gasteiger partial charge on any atom is 0.410 e. The van der Waals surface area contributed by atoms with Gasteiger partial charge in [-0.3, -0.25) is 9.58 Å². The molecule has 0 saturated carbocycles. The molecule has 1 aromatic rings. The Morgan fingerprint density at radius 3 is 2.59 bits per heavy atom. The van der Waals surface area contributed by atoms with Gasteiger partial charge in [-0.05, 0) is 36.7 Å². The van der Waals surface area contributed by atoms with Crippen LogP contribution >= 0.6 is 15.9 Å². The van der Waals surface area contributed by atoms with Crippen LogP contribution < -0.4 is 0 Å². The van der Waals surface area contributed by atoms with E-state index in [1.807, 2.05) is 27.8 Å². The Morgan fingerprint density at radius 2 is 2.06 bits per heavy atom. The lowest BCUT2D eigenvalue weighted by Gasteiger charge is -2.24. The molecule has 0 atom stereocenters. The van der Waals surface area contributed by atoms with Gasteiger partial charge in [0, 0.05) is 12.6 Å². The number of hydrogen-bond acceptors (Lipinski definition) is 3. The first-order valence-corrected chi connectivity index (χ1v) is 6.25. The maximum atomic E-state index is 11.9. The monoisotopic (exact) mass is 301 g/mol. The summed E-state index contributed by atoms with van der Waals surface area (Å²) in [4.78, 5) is 13.6. The molecule has 2 heterocycles. The number of amides is 1. The smallest absolute Gasteiger partial charge is 0.410 e. The third kappa shape index (κ3) is 2.46. The molecule has 1 aliphatic heterocycles. The summed E-state index contributed by atoms with van der Waals surface area (Å²) in [5.41, 5.74) is 1.67. The van der Waals surface area contributed by atoms with E-state index in [0.29, 0.717) is 13.1 Å². The lowest BCUT2D eigenvalue weighted by atomic mass is 10.2. The number of nitrogens with zero attached hydrogens (tertiary/aromatic N) is 3. The number of carbonyl (C=O) groups is 1. The van der Waals surface area contributed by atoms with Crippen LogP contribution in [0.25, 0.3) is 0 Å². The standard InChI is InChI=1S/C11H16BrN3O2/c1-11(2,3)17-10(16)15-5-7-8(6-15)14(4)13-9(7)12/h5-6H2,1-4H3. The minimum atomic E-state index is -0.457. The van der Waals surface area contributed by atoms with Crippen molar-refractivity contribution >= 4 is 22.0 Å². The van der Waals surface area contributed by atoms with Crippen molar-refractivity contribution in [2.24, 2.45) is 7.05 Å². The Balaban J connectivity index is 2.10. The normalized spacial score (nSPS) is 15.0. The molecular weight excluding hydrogens is 286 g/mol. The van der Waals surface area contributed by atoms with Crippen molar-refractivity contribution in [3.05, 3.63) is 15.9 Å². The summed E-state index contributed by atoms with van der Waals surface area (Å²) in [7, 11) is 1.88. The molecule has 2 rings (SSSR count). The Hall–Kier alpha value is -1.04. The molecule has 0 saturated heterocycles. The van der Waals surface area contributed by atoms with E-state index in [2.05, 4.69) is 21.0 Å². The van der Waals surface area contributed by atoms with E-state index in [9.17, 15) is 4.79 Å². The van der Waals surface area contributed by atoms with Gasteiger partial charge in [0.25, 0.3) is 0 Å². The largest absolute Gasteiger partial charge is 0.444 e. The van der Waals surface area contributed by atoms with Crippen molar-refractivity contribution < 1.29 is 9.53 Å². The molecule has 0 unspecified atom stereocenters. The van der Waals surface area contributed by atoms with Crippen LogP contribution in [0.1, 0.15) is 32.0 Å². The quantitative estimate of drug-likeness (QED) is 0.739. The second-order valence-corrected chi connectivity index (χ2v) is 5.93. The highest BCUT2D eigenvalue weighted by Gasteiger charge is 2.31. The molecule has 0 aromatic carbocycles. The summed E-state index contributed by atoms with van der Waals surface area (Å²) in [6.07, 6.45) is -0.277. The number of ether oxygens (including phenoxy) is 1. The first-order chi connectivity index (χ1) is 7.78. The average molecular weight is 302 g/mol. The van der Waals surface area contributed by atoms with Crippen LogP contribution in [0.3, 0.4) is 0 Å². The number of fused-ring (bicyclic) bond motifs is 1. The first-order valence-electron chi connectivity index (χ1n) is 5.46. The van der Waals surface area contributed by atoms with Crippen LogP contribution in [0.4, 0.5) is 4.79 Å². The third-order valence-electron chi connectivity index (χ3n) is 2.57. The summed E-state index contributed by atoms with van der Waals surface area (Å²) in [5.74, 6) is 0. The lowest BCUT2D eigenvalue weighted by molar-refractivity contribution is 0.0238. The molecule has 17 heavy (non-hydrogen) atoms. The molecule has 0 N–H and O–H groups in total. The van der Waals surface area contributed by atoms with E-state index in [0.717, 1.165) is 15.9 Å². The van der Waals surface area contributed by atoms with Gasteiger partial charge in [-0.25, -0.2) is 4.79 Å². The number of aromatic nitrogens is 2. The van der Waals surface area contributed by atoms with E-state index in [4.69, 9.17) is 4.74 Å². The highest BCUT2D eigenvalue weighted by molar-refractivity contribution is 9.10. The Bertz CT molecular complexity index is 436. The molecule has 0 bridgehead atoms. The number of carbonyl (C=O) groups excluding carboxylic acids is 1. The zero-order valence-electron chi connectivity index (χ0n) is 10.5. The predicted molar refractivity (Wildman–Crippen MR) is 66.4 cm³/mol. The summed E-state index contributed by atoms with van der Waals surface area (Å²) >= 11 is 3.40. The number of rotatable bonds is 0. The van der Waals surface area contributed by atoms with Gasteiger partial charge >= 0.3 is 6.09 Å². The highest BCUT2D eigenvalue weighted by atomic mass is 79.9. The zero-order chi connectivity index (χ0) is 12.8. The minimum Gasteiger partial charge on any atom is -0.444 e. The van der Waals surface area contributed by atoms with Crippen LogP contribution in [0.5, 0.6) is 0 Å². The van der Waals surface area contributed by atoms with E-state index in [1.54, 1.807) is 9.58 Å². The predicted octanol–water partition coefficient (Wildman–Crippen LogP) is 2.43. The van der Waals surface area contributed by atoms with E-state index in [-0.39, 0.29) is 6.09 Å². The van der Waals surface area contributed by atoms with Crippen LogP contribution in [-0.2, 0) is 24.9 Å². The second kappa shape index (κ2) is 4.01. The highest BCUT2D eigenvalue weighted by Crippen LogP contribution is 2.29. The van der Waals surface area contributed by atoms with Crippen LogP contribution in [-0.4, -0.2) is 26.4 Å². The lowest BCUT2D eigenvalue weighted by Crippen LogP contribution is -2.33. The molecule has 1 aromatic heterocycles. The van der Waals surface area contributed by atoms with Gasteiger partial charge in [0.2, 0.25) is 0 Å². The first kappa shape index (κ1) is 12.4. The van der Waals surface area contributed by atoms with Gasteiger partial charge in [-0.15, -0.1) is 0 Å². The number of halogens is 1. The average Bonchev–Trinajstić information content (AvgIpc) is 2.67. The Kier molecular flexibility index (Phi) is 2.93. The SMILES string of the molecule is Cn1nc(Br)c2c1CN(C(=O)OC(C)(C)C)C2. The summed E-state index contributed by atoms with van der Waals surface area (Å²) in [6, 6.07) is 0. The molecule has 1 amide bonds. The van der Waals surface area contributed by atoms with Gasteiger partial charge in [-0.2, -0.15) is 5.10 Å². The fourth-order valence-corrected chi connectivity index (χ4v) is 2.40. The molecule has 0 radical (unpaired) electrons. The fourth-order valence-electron chi connectivity index (χ4n) is 1.80. The number of aryl methyl sites for hydroxylation is 1. The maximum absolute atomic E-state index is 11.9. The molecule has 5 nitrogen and oxygen atoms in total. The van der Waals surface area contributed by atoms with Crippen LogP contribution in [0.2, 0.25) is 0 Å². The molecule has 94 valence electrons. The Morgan fingerprint density at radius 1 is 1.41 bits per heavy atom. The minimum absolute atomic E-state index is 0.277. The van der Waals surface area contributed by atoms with Crippen molar-refractivity contribution in [1.82, 2.24) is 14.7 Å². The van der Waals surface area contributed by atoms with Crippen LogP contribution in [0, 0.1) is 0 Å². The van der Waals surface area contributed by atoms with Gasteiger partial charge in [0.15, 0.2) is 0 Å². The molecule has 0 fully saturated rings. The van der Waals surface area contributed by atoms with Crippen molar-refractivity contribution in [2.45, 2.75) is 39.5 Å². The topological polar surface area (TPSA) is 47.4 Å². The Labute approximate surface area is 109 Å². The summed E-state index contributed by atoms with van der Waals surface area (Å²) in [5, 5.41) is 4.26.